The van der Waals surface area contributed by atoms with Gasteiger partial charge >= 0.3 is 6.03 Å². The number of amides is 3. The molecule has 0 bridgehead atoms. The number of urea groups is 1. The van der Waals surface area contributed by atoms with Gasteiger partial charge < -0.3 is 5.32 Å². The van der Waals surface area contributed by atoms with Crippen LogP contribution in [-0.4, -0.2) is 34.2 Å². The minimum Gasteiger partial charge on any atom is -0.334 e. The van der Waals surface area contributed by atoms with E-state index < -0.39 is 11.9 Å². The van der Waals surface area contributed by atoms with Gasteiger partial charge in [0, 0.05) is 18.9 Å². The summed E-state index contributed by atoms with van der Waals surface area (Å²) < 4.78 is 0. The van der Waals surface area contributed by atoms with Gasteiger partial charge in [0.25, 0.3) is 0 Å². The van der Waals surface area contributed by atoms with Crippen molar-refractivity contribution in [2.24, 2.45) is 0 Å². The number of hydrogen-bond acceptors (Lipinski definition) is 5. The van der Waals surface area contributed by atoms with Gasteiger partial charge in [-0.1, -0.05) is 17.8 Å². The summed E-state index contributed by atoms with van der Waals surface area (Å²) in [6.45, 7) is 3.75. The topological polar surface area (TPSA) is 84.0 Å². The van der Waals surface area contributed by atoms with Crippen LogP contribution in [0.2, 0.25) is 0 Å². The zero-order valence-corrected chi connectivity index (χ0v) is 9.87. The molecule has 6 nitrogen and oxygen atoms in total. The molecular formula is C10H12N4O2S. The van der Waals surface area contributed by atoms with Crippen LogP contribution in [0.1, 0.15) is 0 Å². The largest absolute Gasteiger partial charge is 0.334 e. The number of nitrogens with one attached hydrogen (secondary N) is 2. The summed E-state index contributed by atoms with van der Waals surface area (Å²) in [7, 11) is 0. The Kier molecular flexibility index (Phi) is 5.73. The summed E-state index contributed by atoms with van der Waals surface area (Å²) >= 11 is 1.16. The Bertz CT molecular complexity index is 397. The van der Waals surface area contributed by atoms with Gasteiger partial charge in [-0.25, -0.2) is 14.8 Å². The van der Waals surface area contributed by atoms with E-state index in [0.29, 0.717) is 11.7 Å². The number of aromatic nitrogens is 2. The lowest BCUT2D eigenvalue weighted by atomic mass is 10.6. The second-order valence-corrected chi connectivity index (χ2v) is 3.81. The smallest absolute Gasteiger partial charge is 0.321 e. The van der Waals surface area contributed by atoms with Crippen LogP contribution in [0.3, 0.4) is 0 Å². The van der Waals surface area contributed by atoms with Crippen LogP contribution in [0.4, 0.5) is 4.79 Å². The molecule has 7 heteroatoms. The first-order valence-electron chi connectivity index (χ1n) is 4.80. The molecule has 0 fully saturated rings. The minimum atomic E-state index is -0.538. The first-order chi connectivity index (χ1) is 8.22. The normalized spacial score (nSPS) is 9.41. The first-order valence-corrected chi connectivity index (χ1v) is 5.79. The summed E-state index contributed by atoms with van der Waals surface area (Å²) in [5.41, 5.74) is 0. The molecule has 0 radical (unpaired) electrons. The average Bonchev–Trinajstić information content (AvgIpc) is 2.35. The van der Waals surface area contributed by atoms with E-state index in [1.807, 2.05) is 0 Å². The maximum Gasteiger partial charge on any atom is 0.321 e. The van der Waals surface area contributed by atoms with Crippen molar-refractivity contribution in [2.75, 3.05) is 12.3 Å². The minimum absolute atomic E-state index is 0.0888. The quantitative estimate of drug-likeness (QED) is 0.455. The molecule has 1 heterocycles. The van der Waals surface area contributed by atoms with Gasteiger partial charge in [0.05, 0.1) is 5.75 Å². The summed E-state index contributed by atoms with van der Waals surface area (Å²) in [4.78, 5) is 30.3. The predicted octanol–water partition coefficient (Wildman–Crippen LogP) is 0.580. The monoisotopic (exact) mass is 252 g/mol. The van der Waals surface area contributed by atoms with Gasteiger partial charge in [0.15, 0.2) is 5.16 Å². The molecule has 1 aromatic rings. The van der Waals surface area contributed by atoms with Gasteiger partial charge in [-0.05, 0) is 6.07 Å². The van der Waals surface area contributed by atoms with Crippen LogP contribution in [0, 0.1) is 0 Å². The molecule has 0 aliphatic heterocycles. The van der Waals surface area contributed by atoms with E-state index in [2.05, 4.69) is 27.2 Å². The van der Waals surface area contributed by atoms with Crippen LogP contribution in [0.5, 0.6) is 0 Å². The fourth-order valence-electron chi connectivity index (χ4n) is 0.862. The molecular weight excluding hydrogens is 240 g/mol. The van der Waals surface area contributed by atoms with E-state index in [4.69, 9.17) is 0 Å². The van der Waals surface area contributed by atoms with Gasteiger partial charge in [0.2, 0.25) is 5.91 Å². The van der Waals surface area contributed by atoms with E-state index in [1.165, 1.54) is 6.08 Å². The first kappa shape index (κ1) is 13.2. The summed E-state index contributed by atoms with van der Waals surface area (Å²) in [6, 6.07) is 1.15. The SMILES string of the molecule is C=CCNC(=O)NC(=O)CSc1ncccn1. The molecule has 0 unspecified atom stereocenters. The molecule has 0 saturated carbocycles. The fraction of sp³-hybridized carbons (Fsp3) is 0.200. The molecule has 0 spiro atoms. The Morgan fingerprint density at radius 2 is 2.12 bits per heavy atom. The van der Waals surface area contributed by atoms with Crippen molar-refractivity contribution in [1.29, 1.82) is 0 Å². The van der Waals surface area contributed by atoms with E-state index in [0.717, 1.165) is 11.8 Å². The Hall–Kier alpha value is -1.89. The van der Waals surface area contributed by atoms with Crippen LogP contribution in [0.25, 0.3) is 0 Å². The van der Waals surface area contributed by atoms with Crippen LogP contribution in [-0.2, 0) is 4.79 Å². The molecule has 2 N–H and O–H groups in total. The zero-order chi connectivity index (χ0) is 12.5. The van der Waals surface area contributed by atoms with Crippen molar-refractivity contribution >= 4 is 23.7 Å². The van der Waals surface area contributed by atoms with Gasteiger partial charge in [-0.15, -0.1) is 6.58 Å². The highest BCUT2D eigenvalue weighted by atomic mass is 32.2. The van der Waals surface area contributed by atoms with Crippen molar-refractivity contribution in [3.8, 4) is 0 Å². The van der Waals surface area contributed by atoms with Crippen molar-refractivity contribution in [1.82, 2.24) is 20.6 Å². The molecule has 17 heavy (non-hydrogen) atoms. The lowest BCUT2D eigenvalue weighted by molar-refractivity contribution is -0.117. The third-order valence-electron chi connectivity index (χ3n) is 1.53. The zero-order valence-electron chi connectivity index (χ0n) is 9.05. The number of carbonyl (C=O) groups excluding carboxylic acids is 2. The van der Waals surface area contributed by atoms with E-state index in [1.54, 1.807) is 18.5 Å². The summed E-state index contributed by atoms with van der Waals surface area (Å²) in [5.74, 6) is -0.310. The molecule has 1 aromatic heterocycles. The standard InChI is InChI=1S/C10H12N4O2S/c1-2-4-11-9(16)14-8(15)7-17-10-12-5-3-6-13-10/h2-3,5-6H,1,4,7H2,(H2,11,14,15,16). The molecule has 3 amide bonds. The van der Waals surface area contributed by atoms with E-state index >= 15 is 0 Å². The number of nitrogens with zero attached hydrogens (tertiary/aromatic N) is 2. The predicted molar refractivity (Wildman–Crippen MR) is 64.5 cm³/mol. The van der Waals surface area contributed by atoms with Crippen molar-refractivity contribution in [3.63, 3.8) is 0 Å². The molecule has 1 rings (SSSR count). The van der Waals surface area contributed by atoms with E-state index in [-0.39, 0.29) is 5.75 Å². The van der Waals surface area contributed by atoms with Crippen molar-refractivity contribution < 1.29 is 9.59 Å². The highest BCUT2D eigenvalue weighted by molar-refractivity contribution is 7.99. The fourth-order valence-corrected chi connectivity index (χ4v) is 1.46. The van der Waals surface area contributed by atoms with Crippen molar-refractivity contribution in [3.05, 3.63) is 31.1 Å². The Morgan fingerprint density at radius 1 is 1.41 bits per heavy atom. The van der Waals surface area contributed by atoms with Crippen LogP contribution >= 0.6 is 11.8 Å². The molecule has 0 aliphatic carbocycles. The number of imide groups is 1. The second-order valence-electron chi connectivity index (χ2n) is 2.87. The number of carbonyl (C=O) groups is 2. The van der Waals surface area contributed by atoms with Gasteiger partial charge in [-0.3, -0.25) is 10.1 Å². The van der Waals surface area contributed by atoms with Crippen LogP contribution in [0.15, 0.2) is 36.3 Å². The third kappa shape index (κ3) is 5.67. The summed E-state index contributed by atoms with van der Waals surface area (Å²) in [5, 5.41) is 5.10. The van der Waals surface area contributed by atoms with Crippen LogP contribution < -0.4 is 10.6 Å². The maximum atomic E-state index is 11.3. The Balaban J connectivity index is 2.26. The van der Waals surface area contributed by atoms with Crippen molar-refractivity contribution in [2.45, 2.75) is 5.16 Å². The maximum absolute atomic E-state index is 11.3. The molecule has 0 aromatic carbocycles. The molecule has 0 saturated heterocycles. The van der Waals surface area contributed by atoms with Gasteiger partial charge in [-0.2, -0.15) is 0 Å². The third-order valence-corrected chi connectivity index (χ3v) is 2.41. The molecule has 0 aliphatic rings. The lowest BCUT2D eigenvalue weighted by Gasteiger charge is -2.03. The number of rotatable bonds is 5. The highest BCUT2D eigenvalue weighted by Crippen LogP contribution is 2.09. The Labute approximate surface area is 103 Å². The van der Waals surface area contributed by atoms with Gasteiger partial charge in [0.1, 0.15) is 0 Å². The average molecular weight is 252 g/mol. The highest BCUT2D eigenvalue weighted by Gasteiger charge is 2.07. The van der Waals surface area contributed by atoms with E-state index in [9.17, 15) is 9.59 Å². The number of thioether (sulfide) groups is 1. The number of hydrogen-bond donors (Lipinski definition) is 2. The molecule has 90 valence electrons. The second kappa shape index (κ2) is 7.39. The molecule has 0 atom stereocenters. The Morgan fingerprint density at radius 3 is 2.76 bits per heavy atom. The summed E-state index contributed by atoms with van der Waals surface area (Å²) in [6.07, 6.45) is 4.70. The lowest BCUT2D eigenvalue weighted by Crippen LogP contribution is -2.40.